The molecule has 0 aromatic rings. The van der Waals surface area contributed by atoms with E-state index in [9.17, 15) is 4.79 Å². The summed E-state index contributed by atoms with van der Waals surface area (Å²) in [6.45, 7) is 7.74. The highest BCUT2D eigenvalue weighted by atomic mass is 16.5. The highest BCUT2D eigenvalue weighted by molar-refractivity contribution is 5.98. The van der Waals surface area contributed by atoms with E-state index in [0.29, 0.717) is 0 Å². The van der Waals surface area contributed by atoms with Crippen molar-refractivity contribution in [1.82, 2.24) is 0 Å². The Balaban J connectivity index is 2.93. The SMILES string of the molecule is CCC=CC1=C(C)C(=O)C(C)[C@H](C)O1. The maximum Gasteiger partial charge on any atom is 0.168 e. The second-order valence-corrected chi connectivity index (χ2v) is 3.78. The zero-order valence-electron chi connectivity index (χ0n) is 9.33. The lowest BCUT2D eigenvalue weighted by atomic mass is 9.92. The molecule has 2 heteroatoms. The van der Waals surface area contributed by atoms with Crippen molar-refractivity contribution in [3.63, 3.8) is 0 Å². The molecule has 0 aromatic carbocycles. The van der Waals surface area contributed by atoms with Crippen LogP contribution in [0, 0.1) is 5.92 Å². The van der Waals surface area contributed by atoms with Crippen LogP contribution in [0.25, 0.3) is 0 Å². The van der Waals surface area contributed by atoms with Crippen LogP contribution < -0.4 is 0 Å². The van der Waals surface area contributed by atoms with Crippen molar-refractivity contribution in [2.75, 3.05) is 0 Å². The van der Waals surface area contributed by atoms with E-state index in [4.69, 9.17) is 4.74 Å². The highest BCUT2D eigenvalue weighted by Gasteiger charge is 2.29. The Labute approximate surface area is 85.6 Å². The summed E-state index contributed by atoms with van der Waals surface area (Å²) in [5, 5.41) is 0. The first-order chi connectivity index (χ1) is 6.57. The fourth-order valence-corrected chi connectivity index (χ4v) is 1.46. The van der Waals surface area contributed by atoms with E-state index >= 15 is 0 Å². The van der Waals surface area contributed by atoms with Gasteiger partial charge in [0.05, 0.1) is 5.92 Å². The van der Waals surface area contributed by atoms with Crippen LogP contribution in [0.15, 0.2) is 23.5 Å². The lowest BCUT2D eigenvalue weighted by Gasteiger charge is -2.27. The van der Waals surface area contributed by atoms with Gasteiger partial charge in [0, 0.05) is 5.57 Å². The second kappa shape index (κ2) is 4.45. The van der Waals surface area contributed by atoms with E-state index in [0.717, 1.165) is 17.8 Å². The molecule has 0 aromatic heterocycles. The molecule has 2 nitrogen and oxygen atoms in total. The second-order valence-electron chi connectivity index (χ2n) is 3.78. The first-order valence-electron chi connectivity index (χ1n) is 5.16. The third kappa shape index (κ3) is 2.06. The van der Waals surface area contributed by atoms with E-state index < -0.39 is 0 Å². The Morgan fingerprint density at radius 2 is 2.07 bits per heavy atom. The third-order valence-electron chi connectivity index (χ3n) is 2.67. The van der Waals surface area contributed by atoms with Crippen molar-refractivity contribution in [2.45, 2.75) is 40.2 Å². The number of carbonyl (C=O) groups excluding carboxylic acids is 1. The molecule has 0 bridgehead atoms. The standard InChI is InChI=1S/C12H18O2/c1-5-6-7-11-9(3)12(13)8(2)10(4)14-11/h6-8,10H,5H2,1-4H3/t8?,10-/m0/s1. The molecule has 0 radical (unpaired) electrons. The number of allylic oxidation sites excluding steroid dienone is 3. The summed E-state index contributed by atoms with van der Waals surface area (Å²) in [5.74, 6) is 0.927. The highest BCUT2D eigenvalue weighted by Crippen LogP contribution is 2.25. The molecule has 1 aliphatic heterocycles. The molecule has 1 aliphatic rings. The molecule has 0 saturated heterocycles. The van der Waals surface area contributed by atoms with Crippen LogP contribution >= 0.6 is 0 Å². The topological polar surface area (TPSA) is 26.3 Å². The average molecular weight is 194 g/mol. The van der Waals surface area contributed by atoms with Crippen molar-refractivity contribution in [3.8, 4) is 0 Å². The van der Waals surface area contributed by atoms with E-state index in [-0.39, 0.29) is 17.8 Å². The van der Waals surface area contributed by atoms with Gasteiger partial charge in [-0.05, 0) is 26.3 Å². The molecular formula is C12H18O2. The lowest BCUT2D eigenvalue weighted by Crippen LogP contribution is -2.31. The van der Waals surface area contributed by atoms with E-state index in [2.05, 4.69) is 6.92 Å². The normalized spacial score (nSPS) is 28.4. The maximum atomic E-state index is 11.7. The predicted octanol–water partition coefficient (Wildman–Crippen LogP) is 2.85. The monoisotopic (exact) mass is 194 g/mol. The quantitative estimate of drug-likeness (QED) is 0.675. The summed E-state index contributed by atoms with van der Waals surface area (Å²) in [5.41, 5.74) is 0.750. The smallest absolute Gasteiger partial charge is 0.168 e. The molecule has 0 N–H and O–H groups in total. The molecule has 0 amide bonds. The number of ketones is 1. The number of rotatable bonds is 2. The molecule has 1 heterocycles. The molecule has 0 spiro atoms. The van der Waals surface area contributed by atoms with Crippen molar-refractivity contribution in [2.24, 2.45) is 5.92 Å². The van der Waals surface area contributed by atoms with Crippen LogP contribution in [0.4, 0.5) is 0 Å². The molecule has 78 valence electrons. The van der Waals surface area contributed by atoms with Gasteiger partial charge in [0.15, 0.2) is 5.78 Å². The third-order valence-corrected chi connectivity index (χ3v) is 2.67. The molecule has 0 saturated carbocycles. The molecule has 1 unspecified atom stereocenters. The zero-order valence-corrected chi connectivity index (χ0v) is 9.33. The van der Waals surface area contributed by atoms with Gasteiger partial charge in [-0.1, -0.05) is 19.9 Å². The first-order valence-corrected chi connectivity index (χ1v) is 5.16. The Bertz CT molecular complexity index is 287. The minimum absolute atomic E-state index is 0.0114. The number of Topliss-reactive ketones (excluding diaryl/α,β-unsaturated/α-hetero) is 1. The number of hydrogen-bond donors (Lipinski definition) is 0. The van der Waals surface area contributed by atoms with E-state index in [1.807, 2.05) is 32.9 Å². The average Bonchev–Trinajstić information content (AvgIpc) is 2.18. The number of hydrogen-bond acceptors (Lipinski definition) is 2. The van der Waals surface area contributed by atoms with Gasteiger partial charge in [0.25, 0.3) is 0 Å². The number of carbonyl (C=O) groups is 1. The Hall–Kier alpha value is -1.05. The van der Waals surface area contributed by atoms with Gasteiger partial charge in [-0.25, -0.2) is 0 Å². The summed E-state index contributed by atoms with van der Waals surface area (Å²) >= 11 is 0. The van der Waals surface area contributed by atoms with Gasteiger partial charge in [-0.2, -0.15) is 0 Å². The van der Waals surface area contributed by atoms with Crippen LogP contribution in [-0.4, -0.2) is 11.9 Å². The van der Waals surface area contributed by atoms with Gasteiger partial charge in [-0.3, -0.25) is 4.79 Å². The van der Waals surface area contributed by atoms with Crippen LogP contribution in [0.3, 0.4) is 0 Å². The molecule has 2 atom stereocenters. The van der Waals surface area contributed by atoms with Gasteiger partial charge in [-0.15, -0.1) is 0 Å². The molecule has 0 aliphatic carbocycles. The molecule has 14 heavy (non-hydrogen) atoms. The van der Waals surface area contributed by atoms with Crippen molar-refractivity contribution in [1.29, 1.82) is 0 Å². The van der Waals surface area contributed by atoms with Crippen molar-refractivity contribution in [3.05, 3.63) is 23.5 Å². The fraction of sp³-hybridized carbons (Fsp3) is 0.583. The summed E-state index contributed by atoms with van der Waals surface area (Å²) in [6, 6.07) is 0. The van der Waals surface area contributed by atoms with Crippen LogP contribution in [0.1, 0.15) is 34.1 Å². The zero-order chi connectivity index (χ0) is 10.7. The Kier molecular flexibility index (Phi) is 3.50. The van der Waals surface area contributed by atoms with Crippen molar-refractivity contribution >= 4 is 5.78 Å². The van der Waals surface area contributed by atoms with Gasteiger partial charge >= 0.3 is 0 Å². The van der Waals surface area contributed by atoms with Crippen LogP contribution in [0.2, 0.25) is 0 Å². The van der Waals surface area contributed by atoms with Gasteiger partial charge in [0.2, 0.25) is 0 Å². The number of ether oxygens (including phenoxy) is 1. The maximum absolute atomic E-state index is 11.7. The van der Waals surface area contributed by atoms with E-state index in [1.165, 1.54) is 0 Å². The first kappa shape index (κ1) is 11.0. The summed E-state index contributed by atoms with van der Waals surface area (Å²) < 4.78 is 5.66. The van der Waals surface area contributed by atoms with Gasteiger partial charge < -0.3 is 4.74 Å². The fourth-order valence-electron chi connectivity index (χ4n) is 1.46. The summed E-state index contributed by atoms with van der Waals surface area (Å²) in [7, 11) is 0. The largest absolute Gasteiger partial charge is 0.490 e. The van der Waals surface area contributed by atoms with Crippen LogP contribution in [-0.2, 0) is 9.53 Å². The van der Waals surface area contributed by atoms with Gasteiger partial charge in [0.1, 0.15) is 11.9 Å². The molecular weight excluding hydrogens is 176 g/mol. The summed E-state index contributed by atoms with van der Waals surface area (Å²) in [6.07, 6.45) is 4.85. The minimum Gasteiger partial charge on any atom is -0.490 e. The van der Waals surface area contributed by atoms with Crippen LogP contribution in [0.5, 0.6) is 0 Å². The lowest BCUT2D eigenvalue weighted by molar-refractivity contribution is -0.124. The van der Waals surface area contributed by atoms with Crippen molar-refractivity contribution < 1.29 is 9.53 Å². The summed E-state index contributed by atoms with van der Waals surface area (Å²) in [4.78, 5) is 11.7. The molecule has 1 rings (SSSR count). The Morgan fingerprint density at radius 1 is 1.43 bits per heavy atom. The van der Waals surface area contributed by atoms with E-state index in [1.54, 1.807) is 0 Å². The Morgan fingerprint density at radius 3 is 2.64 bits per heavy atom. The minimum atomic E-state index is -0.0197. The predicted molar refractivity (Wildman–Crippen MR) is 56.8 cm³/mol. The molecule has 0 fully saturated rings.